The lowest BCUT2D eigenvalue weighted by atomic mass is 10.0. The third-order valence-electron chi connectivity index (χ3n) is 3.41. The number of para-hydroxylation sites is 1. The van der Waals surface area contributed by atoms with Crippen LogP contribution in [0.3, 0.4) is 0 Å². The highest BCUT2D eigenvalue weighted by Gasteiger charge is 2.08. The van der Waals surface area contributed by atoms with Crippen LogP contribution in [0, 0.1) is 6.92 Å². The molecule has 2 rings (SSSR count). The zero-order chi connectivity index (χ0) is 13.8. The van der Waals surface area contributed by atoms with Crippen LogP contribution in [0.2, 0.25) is 0 Å². The molecule has 0 radical (unpaired) electrons. The van der Waals surface area contributed by atoms with Crippen LogP contribution in [0.1, 0.15) is 36.5 Å². The Labute approximate surface area is 115 Å². The van der Waals surface area contributed by atoms with E-state index in [-0.39, 0.29) is 0 Å². The van der Waals surface area contributed by atoms with Crippen molar-refractivity contribution in [2.75, 3.05) is 5.73 Å². The van der Waals surface area contributed by atoms with Crippen LogP contribution in [-0.2, 0) is 6.61 Å². The van der Waals surface area contributed by atoms with Gasteiger partial charge in [-0.25, -0.2) is 0 Å². The van der Waals surface area contributed by atoms with Gasteiger partial charge in [-0.1, -0.05) is 44.2 Å². The molecule has 0 saturated heterocycles. The van der Waals surface area contributed by atoms with Crippen LogP contribution < -0.4 is 10.5 Å². The Kier molecular flexibility index (Phi) is 4.10. The Bertz CT molecular complexity index is 561. The van der Waals surface area contributed by atoms with Crippen LogP contribution in [0.4, 0.5) is 5.69 Å². The van der Waals surface area contributed by atoms with Gasteiger partial charge in [-0.15, -0.1) is 0 Å². The van der Waals surface area contributed by atoms with Gasteiger partial charge in [0.2, 0.25) is 0 Å². The van der Waals surface area contributed by atoms with Gasteiger partial charge in [0.25, 0.3) is 0 Å². The van der Waals surface area contributed by atoms with Gasteiger partial charge in [-0.3, -0.25) is 0 Å². The topological polar surface area (TPSA) is 35.2 Å². The van der Waals surface area contributed by atoms with Gasteiger partial charge in [-0.05, 0) is 41.7 Å². The quantitative estimate of drug-likeness (QED) is 0.828. The van der Waals surface area contributed by atoms with Gasteiger partial charge in [-0.2, -0.15) is 0 Å². The second kappa shape index (κ2) is 5.79. The minimum absolute atomic E-state index is 0.457. The highest BCUT2D eigenvalue weighted by Crippen LogP contribution is 2.27. The number of benzene rings is 2. The largest absolute Gasteiger partial charge is 0.489 e. The summed E-state index contributed by atoms with van der Waals surface area (Å²) in [6, 6.07) is 14.1. The molecule has 2 heteroatoms. The molecule has 0 amide bonds. The van der Waals surface area contributed by atoms with Crippen molar-refractivity contribution in [1.82, 2.24) is 0 Å². The Morgan fingerprint density at radius 1 is 1.05 bits per heavy atom. The first-order chi connectivity index (χ1) is 9.09. The van der Waals surface area contributed by atoms with Crippen LogP contribution in [0.25, 0.3) is 0 Å². The number of ether oxygens (including phenoxy) is 1. The third kappa shape index (κ3) is 3.08. The molecule has 0 aromatic heterocycles. The first-order valence-corrected chi connectivity index (χ1v) is 6.65. The van der Waals surface area contributed by atoms with Crippen molar-refractivity contribution < 1.29 is 4.74 Å². The van der Waals surface area contributed by atoms with Crippen molar-refractivity contribution in [3.05, 3.63) is 59.2 Å². The maximum atomic E-state index is 5.96. The molecular formula is C17H21NO. The van der Waals surface area contributed by atoms with Gasteiger partial charge in [0, 0.05) is 5.69 Å². The van der Waals surface area contributed by atoms with Gasteiger partial charge < -0.3 is 10.5 Å². The van der Waals surface area contributed by atoms with Gasteiger partial charge in [0.05, 0.1) is 0 Å². The summed E-state index contributed by atoms with van der Waals surface area (Å²) in [5.41, 5.74) is 10.2. The highest BCUT2D eigenvalue weighted by molar-refractivity contribution is 5.50. The van der Waals surface area contributed by atoms with Gasteiger partial charge in [0.1, 0.15) is 12.4 Å². The molecule has 0 spiro atoms. The number of nitrogen functional groups attached to an aromatic ring is 1. The predicted octanol–water partition coefficient (Wildman–Crippen LogP) is 4.28. The second-order valence-corrected chi connectivity index (χ2v) is 5.11. The molecule has 19 heavy (non-hydrogen) atoms. The SMILES string of the molecule is Cc1c(N)cccc1COc1ccccc1C(C)C. The Morgan fingerprint density at radius 3 is 2.53 bits per heavy atom. The van der Waals surface area contributed by atoms with Crippen molar-refractivity contribution in [2.45, 2.75) is 33.3 Å². The van der Waals surface area contributed by atoms with E-state index in [1.54, 1.807) is 0 Å². The van der Waals surface area contributed by atoms with Gasteiger partial charge >= 0.3 is 0 Å². The van der Waals surface area contributed by atoms with Crippen LogP contribution in [0.15, 0.2) is 42.5 Å². The maximum absolute atomic E-state index is 5.96. The van der Waals surface area contributed by atoms with E-state index in [2.05, 4.69) is 26.0 Å². The summed E-state index contributed by atoms with van der Waals surface area (Å²) >= 11 is 0. The average molecular weight is 255 g/mol. The van der Waals surface area contributed by atoms with Crippen molar-refractivity contribution in [3.8, 4) is 5.75 Å². The number of rotatable bonds is 4. The van der Waals surface area contributed by atoms with Crippen molar-refractivity contribution in [2.24, 2.45) is 0 Å². The number of hydrogen-bond acceptors (Lipinski definition) is 2. The number of hydrogen-bond donors (Lipinski definition) is 1. The summed E-state index contributed by atoms with van der Waals surface area (Å²) in [6.07, 6.45) is 0. The Morgan fingerprint density at radius 2 is 1.79 bits per heavy atom. The van der Waals surface area contributed by atoms with E-state index in [1.165, 1.54) is 5.56 Å². The summed E-state index contributed by atoms with van der Waals surface area (Å²) < 4.78 is 5.96. The van der Waals surface area contributed by atoms with Crippen molar-refractivity contribution >= 4 is 5.69 Å². The molecule has 2 aromatic carbocycles. The monoisotopic (exact) mass is 255 g/mol. The Balaban J connectivity index is 2.17. The predicted molar refractivity (Wildman–Crippen MR) is 80.5 cm³/mol. The molecule has 2 N–H and O–H groups in total. The standard InChI is InChI=1S/C17H21NO/c1-12(2)15-8-4-5-10-17(15)19-11-14-7-6-9-16(18)13(14)3/h4-10,12H,11,18H2,1-3H3. The number of nitrogens with two attached hydrogens (primary N) is 1. The molecule has 0 aliphatic carbocycles. The molecule has 0 heterocycles. The molecule has 2 nitrogen and oxygen atoms in total. The summed E-state index contributed by atoms with van der Waals surface area (Å²) in [5, 5.41) is 0. The molecule has 2 aromatic rings. The molecule has 0 bridgehead atoms. The number of anilines is 1. The lowest BCUT2D eigenvalue weighted by Gasteiger charge is -2.15. The van der Waals surface area contributed by atoms with E-state index in [9.17, 15) is 0 Å². The fourth-order valence-electron chi connectivity index (χ4n) is 2.10. The molecular weight excluding hydrogens is 234 g/mol. The second-order valence-electron chi connectivity index (χ2n) is 5.11. The Hall–Kier alpha value is -1.96. The van der Waals surface area contributed by atoms with E-state index in [4.69, 9.17) is 10.5 Å². The van der Waals surface area contributed by atoms with E-state index in [1.807, 2.05) is 37.3 Å². The molecule has 0 aliphatic rings. The summed E-state index contributed by atoms with van der Waals surface area (Å²) in [4.78, 5) is 0. The summed E-state index contributed by atoms with van der Waals surface area (Å²) in [6.45, 7) is 6.94. The van der Waals surface area contributed by atoms with E-state index in [0.717, 1.165) is 22.6 Å². The zero-order valence-corrected chi connectivity index (χ0v) is 11.8. The van der Waals surface area contributed by atoms with E-state index in [0.29, 0.717) is 12.5 Å². The minimum atomic E-state index is 0.457. The van der Waals surface area contributed by atoms with Crippen LogP contribution >= 0.6 is 0 Å². The summed E-state index contributed by atoms with van der Waals surface area (Å²) in [5.74, 6) is 1.41. The fraction of sp³-hybridized carbons (Fsp3) is 0.294. The van der Waals surface area contributed by atoms with E-state index >= 15 is 0 Å². The fourth-order valence-corrected chi connectivity index (χ4v) is 2.10. The van der Waals surface area contributed by atoms with E-state index < -0.39 is 0 Å². The average Bonchev–Trinajstić information content (AvgIpc) is 2.40. The molecule has 0 atom stereocenters. The van der Waals surface area contributed by atoms with Crippen LogP contribution in [-0.4, -0.2) is 0 Å². The molecule has 0 aliphatic heterocycles. The van der Waals surface area contributed by atoms with Crippen LogP contribution in [0.5, 0.6) is 5.75 Å². The maximum Gasteiger partial charge on any atom is 0.123 e. The summed E-state index contributed by atoms with van der Waals surface area (Å²) in [7, 11) is 0. The minimum Gasteiger partial charge on any atom is -0.489 e. The molecule has 0 saturated carbocycles. The van der Waals surface area contributed by atoms with Crippen molar-refractivity contribution in [3.63, 3.8) is 0 Å². The first kappa shape index (κ1) is 13.5. The molecule has 100 valence electrons. The molecule has 0 unspecified atom stereocenters. The zero-order valence-electron chi connectivity index (χ0n) is 11.8. The molecule has 0 fully saturated rings. The highest BCUT2D eigenvalue weighted by atomic mass is 16.5. The third-order valence-corrected chi connectivity index (χ3v) is 3.41. The van der Waals surface area contributed by atoms with Crippen molar-refractivity contribution in [1.29, 1.82) is 0 Å². The smallest absolute Gasteiger partial charge is 0.123 e. The normalized spacial score (nSPS) is 10.7. The lowest BCUT2D eigenvalue weighted by molar-refractivity contribution is 0.301. The van der Waals surface area contributed by atoms with Gasteiger partial charge in [0.15, 0.2) is 0 Å². The first-order valence-electron chi connectivity index (χ1n) is 6.65. The lowest BCUT2D eigenvalue weighted by Crippen LogP contribution is -2.02.